The van der Waals surface area contributed by atoms with E-state index in [0.29, 0.717) is 21.3 Å². The largest absolute Gasteiger partial charge is 0.396 e. The van der Waals surface area contributed by atoms with E-state index in [4.69, 9.17) is 20.4 Å². The van der Waals surface area contributed by atoms with Gasteiger partial charge in [0.2, 0.25) is 0 Å². The minimum absolute atomic E-state index is 0. The van der Waals surface area contributed by atoms with Crippen LogP contribution in [0.1, 0.15) is 0 Å². The van der Waals surface area contributed by atoms with Gasteiger partial charge >= 0.3 is 0 Å². The Morgan fingerprint density at radius 2 is 0.529 bits per heavy atom. The second-order valence-electron chi connectivity index (χ2n) is 1.65. The van der Waals surface area contributed by atoms with Gasteiger partial charge in [-0.1, -0.05) is 63.7 Å². The molecule has 0 aliphatic carbocycles. The zero-order valence-electron chi connectivity index (χ0n) is 9.46. The summed E-state index contributed by atoms with van der Waals surface area (Å²) in [6.45, 7) is 0.944. The minimum atomic E-state index is 0. The van der Waals surface area contributed by atoms with Gasteiger partial charge in [-0.2, -0.15) is 0 Å². The van der Waals surface area contributed by atoms with Crippen molar-refractivity contribution in [1.82, 2.24) is 0 Å². The van der Waals surface area contributed by atoms with E-state index in [9.17, 15) is 0 Å². The summed E-state index contributed by atoms with van der Waals surface area (Å²) in [5.74, 6) is 0. The molecule has 0 spiro atoms. The molecule has 0 rings (SSSR count). The molecule has 0 heterocycles. The maximum absolute atomic E-state index is 7.83. The van der Waals surface area contributed by atoms with E-state index in [0.717, 1.165) is 0 Å². The Morgan fingerprint density at radius 1 is 0.471 bits per heavy atom. The molecular formula is C8H20Br4O4Zr. The van der Waals surface area contributed by atoms with Crippen LogP contribution in [0.15, 0.2) is 0 Å². The zero-order valence-corrected chi connectivity index (χ0v) is 18.3. The van der Waals surface area contributed by atoms with E-state index >= 15 is 0 Å². The van der Waals surface area contributed by atoms with Crippen LogP contribution in [0, 0.1) is 0 Å². The van der Waals surface area contributed by atoms with Crippen molar-refractivity contribution < 1.29 is 46.6 Å². The predicted molar refractivity (Wildman–Crippen MR) is 83.5 cm³/mol. The predicted octanol–water partition coefficient (Wildman–Crippen LogP) is 1.49. The first-order chi connectivity index (χ1) is 7.66. The molecule has 0 atom stereocenters. The molecule has 0 fully saturated rings. The average molecular weight is 591 g/mol. The van der Waals surface area contributed by atoms with E-state index in [1.165, 1.54) is 0 Å². The van der Waals surface area contributed by atoms with Crippen LogP contribution in [0.25, 0.3) is 0 Å². The van der Waals surface area contributed by atoms with Crippen LogP contribution in [0.4, 0.5) is 0 Å². The van der Waals surface area contributed by atoms with E-state index in [1.807, 2.05) is 0 Å². The first kappa shape index (κ1) is 31.8. The van der Waals surface area contributed by atoms with Crippen molar-refractivity contribution >= 4 is 63.7 Å². The van der Waals surface area contributed by atoms with E-state index in [-0.39, 0.29) is 52.6 Å². The van der Waals surface area contributed by atoms with Gasteiger partial charge in [-0.25, -0.2) is 0 Å². The molecule has 0 saturated carbocycles. The summed E-state index contributed by atoms with van der Waals surface area (Å²) in [6.07, 6.45) is 0. The van der Waals surface area contributed by atoms with Crippen molar-refractivity contribution in [2.75, 3.05) is 47.7 Å². The number of hydrogen-bond acceptors (Lipinski definition) is 4. The van der Waals surface area contributed by atoms with Gasteiger partial charge in [0, 0.05) is 47.5 Å². The Morgan fingerprint density at radius 3 is 0.529 bits per heavy atom. The van der Waals surface area contributed by atoms with Crippen LogP contribution >= 0.6 is 63.7 Å². The normalized spacial score (nSPS) is 7.06. The molecule has 0 aromatic carbocycles. The summed E-state index contributed by atoms with van der Waals surface area (Å²) in [5, 5.41) is 34.1. The minimum Gasteiger partial charge on any atom is -0.396 e. The molecule has 0 bridgehead atoms. The smallest absolute Gasteiger partial charge is 0.0528 e. The quantitative estimate of drug-likeness (QED) is 0.374. The Hall–Kier alpha value is 2.64. The van der Waals surface area contributed by atoms with Gasteiger partial charge in [-0.15, -0.1) is 0 Å². The molecule has 0 radical (unpaired) electrons. The van der Waals surface area contributed by atoms with E-state index in [1.54, 1.807) is 0 Å². The summed E-state index contributed by atoms with van der Waals surface area (Å²) < 4.78 is 0. The van der Waals surface area contributed by atoms with E-state index < -0.39 is 0 Å². The fourth-order valence-electron chi connectivity index (χ4n) is 0. The van der Waals surface area contributed by atoms with Crippen molar-refractivity contribution in [2.24, 2.45) is 0 Å². The number of aliphatic hydroxyl groups is 4. The second-order valence-corrected chi connectivity index (χ2v) is 4.82. The Labute approximate surface area is 156 Å². The summed E-state index contributed by atoms with van der Waals surface area (Å²) in [7, 11) is 0. The molecule has 0 saturated heterocycles. The summed E-state index contributed by atoms with van der Waals surface area (Å²) in [4.78, 5) is 0. The van der Waals surface area contributed by atoms with Gasteiger partial charge in [0.1, 0.15) is 0 Å². The fourth-order valence-corrected chi connectivity index (χ4v) is 0. The maximum atomic E-state index is 7.83. The molecule has 4 N–H and O–H groups in total. The van der Waals surface area contributed by atoms with Crippen molar-refractivity contribution in [1.29, 1.82) is 0 Å². The summed E-state index contributed by atoms with van der Waals surface area (Å²) in [5.41, 5.74) is 0. The molecule has 108 valence electrons. The van der Waals surface area contributed by atoms with Gasteiger partial charge < -0.3 is 20.4 Å². The molecule has 0 unspecified atom stereocenters. The molecule has 0 aliphatic heterocycles. The summed E-state index contributed by atoms with van der Waals surface area (Å²) >= 11 is 12.0. The first-order valence-corrected chi connectivity index (χ1v) is 8.82. The fraction of sp³-hybridized carbons (Fsp3) is 1.00. The monoisotopic (exact) mass is 586 g/mol. The van der Waals surface area contributed by atoms with Crippen LogP contribution in [0.5, 0.6) is 0 Å². The Bertz CT molecular complexity index is 53.5. The third kappa shape index (κ3) is 117. The van der Waals surface area contributed by atoms with Crippen LogP contribution in [-0.4, -0.2) is 68.2 Å². The maximum Gasteiger partial charge on any atom is 0.0528 e. The second kappa shape index (κ2) is 51.2. The van der Waals surface area contributed by atoms with Gasteiger partial charge in [-0.05, 0) is 0 Å². The van der Waals surface area contributed by atoms with Crippen molar-refractivity contribution in [3.63, 3.8) is 0 Å². The number of hydrogen-bond donors (Lipinski definition) is 4. The Kier molecular flexibility index (Phi) is 96.0. The molecule has 0 aromatic rings. The first-order valence-electron chi connectivity index (χ1n) is 4.33. The number of halogens is 4. The van der Waals surface area contributed by atoms with Gasteiger partial charge in [-0.3, -0.25) is 0 Å². The van der Waals surface area contributed by atoms with Crippen LogP contribution in [0.2, 0.25) is 0 Å². The molecule has 9 heteroatoms. The third-order valence-corrected chi connectivity index (χ3v) is 1.76. The molecule has 0 aromatic heterocycles. The standard InChI is InChI=1S/4C2H5BrO.Zr/c4*3-1-2-4;/h4*4H,1-2H2;. The summed E-state index contributed by atoms with van der Waals surface area (Å²) in [6, 6.07) is 0. The average Bonchev–Trinajstić information content (AvgIpc) is 2.39. The SMILES string of the molecule is OCCBr.OCCBr.OCCBr.OCCBr.[Zr]. The van der Waals surface area contributed by atoms with Gasteiger partial charge in [0.05, 0.1) is 26.4 Å². The number of alkyl halides is 4. The zero-order chi connectivity index (χ0) is 13.7. The van der Waals surface area contributed by atoms with Crippen LogP contribution < -0.4 is 0 Å². The molecule has 17 heavy (non-hydrogen) atoms. The number of rotatable bonds is 4. The molecule has 0 amide bonds. The van der Waals surface area contributed by atoms with Gasteiger partial charge in [0.25, 0.3) is 0 Å². The van der Waals surface area contributed by atoms with Crippen molar-refractivity contribution in [3.8, 4) is 0 Å². The number of aliphatic hydroxyl groups excluding tert-OH is 4. The molecule has 4 nitrogen and oxygen atoms in total. The van der Waals surface area contributed by atoms with E-state index in [2.05, 4.69) is 63.7 Å². The van der Waals surface area contributed by atoms with Crippen LogP contribution in [-0.2, 0) is 26.2 Å². The topological polar surface area (TPSA) is 80.9 Å². The van der Waals surface area contributed by atoms with Crippen molar-refractivity contribution in [2.45, 2.75) is 0 Å². The molecular weight excluding hydrogens is 571 g/mol. The van der Waals surface area contributed by atoms with Gasteiger partial charge in [0.15, 0.2) is 0 Å². The Balaban J connectivity index is -0.0000000369. The third-order valence-electron chi connectivity index (χ3n) is 0.338. The van der Waals surface area contributed by atoms with Crippen LogP contribution in [0.3, 0.4) is 0 Å². The molecule has 0 aliphatic rings. The van der Waals surface area contributed by atoms with Crippen molar-refractivity contribution in [3.05, 3.63) is 0 Å².